The van der Waals surface area contributed by atoms with Crippen molar-refractivity contribution in [2.75, 3.05) is 43.4 Å². The number of nitrogens with one attached hydrogen (secondary N) is 1. The van der Waals surface area contributed by atoms with E-state index >= 15 is 0 Å². The summed E-state index contributed by atoms with van der Waals surface area (Å²) in [5, 5.41) is 9.22. The lowest BCUT2D eigenvalue weighted by molar-refractivity contribution is -0.138. The minimum absolute atomic E-state index is 0.0978. The molecule has 180 valence electrons. The highest BCUT2D eigenvalue weighted by atomic mass is 32.1. The number of carbonyl (C=O) groups is 1. The Kier molecular flexibility index (Phi) is 6.03. The third-order valence-electron chi connectivity index (χ3n) is 5.56. The van der Waals surface area contributed by atoms with Gasteiger partial charge in [-0.25, -0.2) is 9.97 Å². The summed E-state index contributed by atoms with van der Waals surface area (Å²) < 4.78 is 38.6. The van der Waals surface area contributed by atoms with Crippen LogP contribution in [-0.4, -0.2) is 69.2 Å². The van der Waals surface area contributed by atoms with Crippen LogP contribution in [0.1, 0.15) is 15.4 Å². The van der Waals surface area contributed by atoms with Crippen molar-refractivity contribution in [1.82, 2.24) is 30.0 Å². The summed E-state index contributed by atoms with van der Waals surface area (Å²) in [7, 11) is 2.08. The quantitative estimate of drug-likeness (QED) is 0.454. The number of fused-ring (bicyclic) bond motifs is 1. The first-order chi connectivity index (χ1) is 16.8. The summed E-state index contributed by atoms with van der Waals surface area (Å²) in [4.78, 5) is 30.0. The lowest BCUT2D eigenvalue weighted by atomic mass is 10.2. The highest BCUT2D eigenvalue weighted by Crippen LogP contribution is 2.35. The fourth-order valence-corrected chi connectivity index (χ4v) is 4.29. The molecule has 4 aromatic heterocycles. The maximum absolute atomic E-state index is 12.9. The van der Waals surface area contributed by atoms with E-state index in [1.165, 1.54) is 18.6 Å². The van der Waals surface area contributed by atoms with Gasteiger partial charge >= 0.3 is 6.18 Å². The lowest BCUT2D eigenvalue weighted by Gasteiger charge is -2.33. The second-order valence-corrected chi connectivity index (χ2v) is 9.02. The summed E-state index contributed by atoms with van der Waals surface area (Å²) >= 11 is 0.440. The molecule has 1 aliphatic heterocycles. The molecule has 1 amide bonds. The van der Waals surface area contributed by atoms with Gasteiger partial charge in [-0.15, -0.1) is 10.2 Å². The van der Waals surface area contributed by atoms with Gasteiger partial charge in [-0.05, 0) is 31.3 Å². The molecule has 4 aromatic rings. The number of aromatic nitrogens is 5. The fraction of sp³-hybridized carbons (Fsp3) is 0.273. The fourth-order valence-electron chi connectivity index (χ4n) is 3.60. The number of carbonyl (C=O) groups excluding carboxylic acids is 1. The van der Waals surface area contributed by atoms with Gasteiger partial charge in [-0.3, -0.25) is 9.78 Å². The summed E-state index contributed by atoms with van der Waals surface area (Å²) in [5.74, 6) is 0.720. The van der Waals surface area contributed by atoms with Gasteiger partial charge in [0.2, 0.25) is 5.01 Å². The first-order valence-corrected chi connectivity index (χ1v) is 11.5. The Morgan fingerprint density at radius 2 is 1.80 bits per heavy atom. The highest BCUT2D eigenvalue weighted by molar-refractivity contribution is 7.14. The molecule has 0 aliphatic carbocycles. The highest BCUT2D eigenvalue weighted by Gasteiger charge is 2.35. The van der Waals surface area contributed by atoms with Crippen molar-refractivity contribution in [3.05, 3.63) is 53.4 Å². The molecule has 1 fully saturated rings. The van der Waals surface area contributed by atoms with E-state index in [9.17, 15) is 18.0 Å². The number of piperazine rings is 1. The molecule has 9 nitrogen and oxygen atoms in total. The summed E-state index contributed by atoms with van der Waals surface area (Å²) in [6.07, 6.45) is -0.141. The predicted molar refractivity (Wildman–Crippen MR) is 125 cm³/mol. The van der Waals surface area contributed by atoms with Gasteiger partial charge in [-0.2, -0.15) is 13.2 Å². The van der Waals surface area contributed by atoms with E-state index in [1.54, 1.807) is 18.2 Å². The van der Waals surface area contributed by atoms with Gasteiger partial charge in [0.1, 0.15) is 16.6 Å². The van der Waals surface area contributed by atoms with Crippen molar-refractivity contribution >= 4 is 39.8 Å². The Morgan fingerprint density at radius 3 is 2.49 bits per heavy atom. The number of hydrogen-bond donors (Lipinski definition) is 1. The molecule has 35 heavy (non-hydrogen) atoms. The van der Waals surface area contributed by atoms with Crippen molar-refractivity contribution in [2.24, 2.45) is 0 Å². The Hall–Kier alpha value is -3.71. The SMILES string of the molecule is CN1CCN(c2ccc(C(=O)Nc3cc4cc(-c5nnc(C(F)(F)F)s5)cnc4cn3)cn2)CC1. The lowest BCUT2D eigenvalue weighted by Crippen LogP contribution is -2.44. The van der Waals surface area contributed by atoms with E-state index in [1.807, 2.05) is 6.07 Å². The first kappa shape index (κ1) is 23.1. The summed E-state index contributed by atoms with van der Waals surface area (Å²) in [6.45, 7) is 3.66. The summed E-state index contributed by atoms with van der Waals surface area (Å²) in [5.41, 5.74) is 1.29. The van der Waals surface area contributed by atoms with Crippen LogP contribution in [0, 0.1) is 0 Å². The van der Waals surface area contributed by atoms with Gasteiger partial charge < -0.3 is 15.1 Å². The van der Waals surface area contributed by atoms with E-state index in [-0.39, 0.29) is 16.7 Å². The Morgan fingerprint density at radius 1 is 1.00 bits per heavy atom. The van der Waals surface area contributed by atoms with Crippen LogP contribution >= 0.6 is 11.3 Å². The second kappa shape index (κ2) is 9.15. The molecule has 0 bridgehead atoms. The average Bonchev–Trinajstić information content (AvgIpc) is 3.35. The van der Waals surface area contributed by atoms with Crippen LogP contribution in [0.3, 0.4) is 0 Å². The second-order valence-electron chi connectivity index (χ2n) is 8.05. The minimum Gasteiger partial charge on any atom is -0.354 e. The van der Waals surface area contributed by atoms with E-state index in [0.717, 1.165) is 32.0 Å². The smallest absolute Gasteiger partial charge is 0.354 e. The molecule has 5 heterocycles. The molecule has 0 spiro atoms. The number of nitrogens with zero attached hydrogens (tertiary/aromatic N) is 7. The number of amides is 1. The summed E-state index contributed by atoms with van der Waals surface area (Å²) in [6, 6.07) is 6.76. The molecular formula is C22H19F3N8OS. The zero-order valence-electron chi connectivity index (χ0n) is 18.5. The Labute approximate surface area is 201 Å². The van der Waals surface area contributed by atoms with Crippen LogP contribution in [0.5, 0.6) is 0 Å². The molecule has 1 N–H and O–H groups in total. The van der Waals surface area contributed by atoms with Crippen LogP contribution in [0.15, 0.2) is 42.9 Å². The van der Waals surface area contributed by atoms with Crippen LogP contribution < -0.4 is 10.2 Å². The van der Waals surface area contributed by atoms with Gasteiger partial charge in [0, 0.05) is 49.5 Å². The zero-order valence-corrected chi connectivity index (χ0v) is 19.3. The molecular weight excluding hydrogens is 481 g/mol. The average molecular weight is 501 g/mol. The van der Waals surface area contributed by atoms with Crippen molar-refractivity contribution in [3.8, 4) is 10.6 Å². The number of rotatable bonds is 4. The van der Waals surface area contributed by atoms with Crippen LogP contribution in [0.25, 0.3) is 21.5 Å². The topological polar surface area (TPSA) is 100 Å². The number of halogens is 3. The third kappa shape index (κ3) is 5.05. The Bertz CT molecular complexity index is 1370. The molecule has 1 saturated heterocycles. The van der Waals surface area contributed by atoms with Crippen molar-refractivity contribution < 1.29 is 18.0 Å². The Balaban J connectivity index is 1.31. The van der Waals surface area contributed by atoms with Crippen molar-refractivity contribution in [1.29, 1.82) is 0 Å². The monoisotopic (exact) mass is 500 g/mol. The molecule has 1 aliphatic rings. The van der Waals surface area contributed by atoms with Crippen molar-refractivity contribution in [3.63, 3.8) is 0 Å². The van der Waals surface area contributed by atoms with Crippen LogP contribution in [0.4, 0.5) is 24.8 Å². The molecule has 0 atom stereocenters. The number of pyridine rings is 3. The standard InChI is InChI=1S/C22H19F3N8OS/c1-32-4-6-33(7-5-32)18-3-2-13(10-28-18)19(34)29-17-9-14-8-15(11-26-16(14)12-27-17)20-30-31-21(35-20)22(23,24)25/h2-3,8-12H,4-7H2,1H3,(H,27,29,34). The van der Waals surface area contributed by atoms with Gasteiger partial charge in [0.25, 0.3) is 5.91 Å². The largest absolute Gasteiger partial charge is 0.445 e. The number of likely N-dealkylation sites (N-methyl/N-ethyl adjacent to an activating group) is 1. The van der Waals surface area contributed by atoms with E-state index < -0.39 is 11.2 Å². The van der Waals surface area contributed by atoms with Crippen LogP contribution in [-0.2, 0) is 6.18 Å². The van der Waals surface area contributed by atoms with Crippen LogP contribution in [0.2, 0.25) is 0 Å². The minimum atomic E-state index is -4.56. The molecule has 0 radical (unpaired) electrons. The number of alkyl halides is 3. The number of anilines is 2. The van der Waals surface area contributed by atoms with Gasteiger partial charge in [-0.1, -0.05) is 11.3 Å². The molecule has 0 unspecified atom stereocenters. The van der Waals surface area contributed by atoms with E-state index in [4.69, 9.17) is 0 Å². The predicted octanol–water partition coefficient (Wildman–Crippen LogP) is 3.57. The van der Waals surface area contributed by atoms with E-state index in [2.05, 4.69) is 47.3 Å². The van der Waals surface area contributed by atoms with Gasteiger partial charge in [0.05, 0.1) is 17.3 Å². The van der Waals surface area contributed by atoms with Crippen molar-refractivity contribution in [2.45, 2.75) is 6.18 Å². The zero-order chi connectivity index (χ0) is 24.6. The maximum Gasteiger partial charge on any atom is 0.445 e. The molecule has 13 heteroatoms. The van der Waals surface area contributed by atoms with Gasteiger partial charge in [0.15, 0.2) is 0 Å². The normalized spacial score (nSPS) is 14.9. The third-order valence-corrected chi connectivity index (χ3v) is 6.58. The number of hydrogen-bond acceptors (Lipinski definition) is 9. The molecule has 0 saturated carbocycles. The molecule has 5 rings (SSSR count). The van der Waals surface area contributed by atoms with E-state index in [0.29, 0.717) is 33.4 Å². The maximum atomic E-state index is 12.9. The first-order valence-electron chi connectivity index (χ1n) is 10.6. The molecule has 0 aromatic carbocycles.